The van der Waals surface area contributed by atoms with Gasteiger partial charge >= 0.3 is 17.9 Å². The quantitative estimate of drug-likeness (QED) is 0.113. The molecule has 2 fully saturated rings. The molecular formula is C41H66O12. The molecule has 12 nitrogen and oxygen atoms in total. The van der Waals surface area contributed by atoms with Gasteiger partial charge in [0.05, 0.1) is 24.4 Å². The maximum Gasteiger partial charge on any atom is 0.342 e. The molecule has 0 saturated carbocycles. The topological polar surface area (TPSA) is 172 Å². The van der Waals surface area contributed by atoms with Gasteiger partial charge in [-0.3, -0.25) is 14.4 Å². The summed E-state index contributed by atoms with van der Waals surface area (Å²) >= 11 is 0. The van der Waals surface area contributed by atoms with Crippen molar-refractivity contribution in [2.45, 2.75) is 175 Å². The average molecular weight is 751 g/mol. The zero-order chi connectivity index (χ0) is 39.8. The predicted molar refractivity (Wildman–Crippen MR) is 196 cm³/mol. The predicted octanol–water partition coefficient (Wildman–Crippen LogP) is 5.81. The fourth-order valence-electron chi connectivity index (χ4n) is 7.92. The molecule has 0 unspecified atom stereocenters. The molecule has 0 aromatic heterocycles. The second kappa shape index (κ2) is 19.9. The van der Waals surface area contributed by atoms with Gasteiger partial charge in [-0.2, -0.15) is 0 Å². The van der Waals surface area contributed by atoms with Gasteiger partial charge in [-0.05, 0) is 82.5 Å². The lowest BCUT2D eigenvalue weighted by atomic mass is 9.79. The minimum absolute atomic E-state index is 0.0106. The molecule has 12 heteroatoms. The highest BCUT2D eigenvalue weighted by Gasteiger charge is 2.47. The molecule has 12 atom stereocenters. The maximum atomic E-state index is 13.3. The minimum atomic E-state index is -1.31. The van der Waals surface area contributed by atoms with Crippen LogP contribution in [0, 0.1) is 35.5 Å². The maximum absolute atomic E-state index is 13.3. The van der Waals surface area contributed by atoms with Gasteiger partial charge in [0, 0.05) is 55.8 Å². The van der Waals surface area contributed by atoms with Gasteiger partial charge in [0.2, 0.25) is 0 Å². The third-order valence-electron chi connectivity index (χ3n) is 12.1. The Hall–Kier alpha value is -2.51. The number of cyclic esters (lactones) is 2. The van der Waals surface area contributed by atoms with Gasteiger partial charge in [0.25, 0.3) is 0 Å². The number of carbonyl (C=O) groups is 5. The van der Waals surface area contributed by atoms with Gasteiger partial charge in [0.1, 0.15) is 23.8 Å². The summed E-state index contributed by atoms with van der Waals surface area (Å²) in [6.45, 7) is 16.8. The molecular weight excluding hydrogens is 684 g/mol. The van der Waals surface area contributed by atoms with Crippen molar-refractivity contribution in [3.8, 4) is 0 Å². The Morgan fingerprint density at radius 1 is 0.887 bits per heavy atom. The molecule has 3 aliphatic heterocycles. The number of methoxy groups -OCH3 is 1. The Bertz CT molecular complexity index is 1320. The molecule has 2 saturated heterocycles. The van der Waals surface area contributed by atoms with E-state index in [1.54, 1.807) is 27.7 Å². The summed E-state index contributed by atoms with van der Waals surface area (Å²) in [5, 5.41) is 22.3. The van der Waals surface area contributed by atoms with E-state index in [-0.39, 0.29) is 71.9 Å². The van der Waals surface area contributed by atoms with Crippen molar-refractivity contribution < 1.29 is 57.9 Å². The van der Waals surface area contributed by atoms with E-state index in [1.807, 2.05) is 6.92 Å². The van der Waals surface area contributed by atoms with Crippen LogP contribution in [-0.4, -0.2) is 89.2 Å². The van der Waals surface area contributed by atoms with E-state index < -0.39 is 54.0 Å². The summed E-state index contributed by atoms with van der Waals surface area (Å²) in [5.41, 5.74) is 0.289. The first-order valence-electron chi connectivity index (χ1n) is 19.7. The zero-order valence-corrected chi connectivity index (χ0v) is 33.7. The number of ketones is 2. The third-order valence-corrected chi connectivity index (χ3v) is 12.1. The van der Waals surface area contributed by atoms with E-state index in [1.165, 1.54) is 14.0 Å². The number of hydrogen-bond donors (Lipinski definition) is 2. The van der Waals surface area contributed by atoms with Crippen molar-refractivity contribution in [2.75, 3.05) is 7.11 Å². The lowest BCUT2D eigenvalue weighted by molar-refractivity contribution is -0.338. The third kappa shape index (κ3) is 12.0. The van der Waals surface area contributed by atoms with Crippen LogP contribution in [0.2, 0.25) is 0 Å². The van der Waals surface area contributed by atoms with Gasteiger partial charge in [0.15, 0.2) is 5.79 Å². The van der Waals surface area contributed by atoms with E-state index in [9.17, 15) is 34.2 Å². The molecule has 0 radical (unpaired) electrons. The Kier molecular flexibility index (Phi) is 16.8. The van der Waals surface area contributed by atoms with Crippen molar-refractivity contribution >= 4 is 29.5 Å². The van der Waals surface area contributed by atoms with Gasteiger partial charge in [-0.1, -0.05) is 48.5 Å². The molecule has 0 amide bonds. The van der Waals surface area contributed by atoms with Gasteiger partial charge < -0.3 is 33.9 Å². The van der Waals surface area contributed by atoms with Crippen LogP contribution in [0.5, 0.6) is 0 Å². The van der Waals surface area contributed by atoms with Crippen LogP contribution in [-0.2, 0) is 47.7 Å². The molecule has 0 bridgehead atoms. The summed E-state index contributed by atoms with van der Waals surface area (Å²) in [5.74, 6) is -3.16. The molecule has 3 aliphatic rings. The van der Waals surface area contributed by atoms with Crippen molar-refractivity contribution in [3.05, 3.63) is 11.1 Å². The fourth-order valence-corrected chi connectivity index (χ4v) is 7.92. The smallest absolute Gasteiger partial charge is 0.342 e. The first-order valence-corrected chi connectivity index (χ1v) is 19.7. The Balaban J connectivity index is 1.53. The number of rotatable bonds is 20. The van der Waals surface area contributed by atoms with Crippen molar-refractivity contribution in [1.82, 2.24) is 0 Å². The lowest BCUT2D eigenvalue weighted by Crippen LogP contribution is -2.53. The van der Waals surface area contributed by atoms with E-state index >= 15 is 0 Å². The molecule has 53 heavy (non-hydrogen) atoms. The molecule has 2 N–H and O–H groups in total. The number of ether oxygens (including phenoxy) is 5. The van der Waals surface area contributed by atoms with Gasteiger partial charge in [-0.15, -0.1) is 0 Å². The molecule has 0 aromatic carbocycles. The summed E-state index contributed by atoms with van der Waals surface area (Å²) in [6, 6.07) is 0. The Morgan fingerprint density at radius 3 is 2.09 bits per heavy atom. The van der Waals surface area contributed by atoms with E-state index in [2.05, 4.69) is 25.5 Å². The van der Waals surface area contributed by atoms with E-state index in [0.29, 0.717) is 24.7 Å². The fraction of sp³-hybridized carbons (Fsp3) is 0.829. The number of carbonyl (C=O) groups excluding carboxylic acids is 5. The summed E-state index contributed by atoms with van der Waals surface area (Å²) in [4.78, 5) is 61.5. The van der Waals surface area contributed by atoms with Gasteiger partial charge in [-0.25, -0.2) is 9.59 Å². The Morgan fingerprint density at radius 2 is 1.53 bits per heavy atom. The number of esters is 3. The molecule has 0 aromatic rings. The average Bonchev–Trinajstić information content (AvgIpc) is 3.35. The standard InChI is InChI=1S/C41H66O12/c1-22(2)36(50-35(46)16-13-30-27(7)39(47)51-40(30)48)38(49-10)33(45)21-32(44)28(8)31(43)14-11-25(5)37-26(6)18-20-41(53-37)19-17-24(4)34(52-41)15-12-23(3)29(9)42/h22-26,28,31,33-34,36-38,43,45H,11-21H2,1-10H3/t23-,24+,25+,26-,28-,31-,33+,34-,36+,37-,38-,41+/m0/s1. The van der Waals surface area contributed by atoms with Crippen LogP contribution in [0.4, 0.5) is 0 Å². The van der Waals surface area contributed by atoms with E-state index in [4.69, 9.17) is 18.9 Å². The molecule has 302 valence electrons. The first kappa shape index (κ1) is 44.9. The number of Topliss-reactive ketones (excluding diaryl/α,β-unsaturated/α-hetero) is 2. The molecule has 1 spiro atoms. The highest BCUT2D eigenvalue weighted by atomic mass is 16.7. The van der Waals surface area contributed by atoms with Crippen LogP contribution in [0.15, 0.2) is 11.1 Å². The normalized spacial score (nSPS) is 29.0. The number of hydrogen-bond acceptors (Lipinski definition) is 12. The van der Waals surface area contributed by atoms with Crippen molar-refractivity contribution in [1.29, 1.82) is 0 Å². The minimum Gasteiger partial charge on any atom is -0.459 e. The molecule has 3 rings (SSSR count). The van der Waals surface area contributed by atoms with Crippen LogP contribution >= 0.6 is 0 Å². The van der Waals surface area contributed by atoms with Crippen LogP contribution in [0.1, 0.15) is 133 Å². The van der Waals surface area contributed by atoms with Crippen LogP contribution in [0.3, 0.4) is 0 Å². The first-order chi connectivity index (χ1) is 24.8. The summed E-state index contributed by atoms with van der Waals surface area (Å²) in [7, 11) is 1.36. The molecule has 0 aliphatic carbocycles. The second-order valence-corrected chi connectivity index (χ2v) is 16.6. The summed E-state index contributed by atoms with van der Waals surface area (Å²) in [6.07, 6.45) is 1.54. The van der Waals surface area contributed by atoms with Crippen LogP contribution in [0.25, 0.3) is 0 Å². The second-order valence-electron chi connectivity index (χ2n) is 16.6. The van der Waals surface area contributed by atoms with Crippen molar-refractivity contribution in [2.24, 2.45) is 35.5 Å². The largest absolute Gasteiger partial charge is 0.459 e. The monoisotopic (exact) mass is 750 g/mol. The number of aliphatic hydroxyl groups excluding tert-OH is 2. The molecule has 3 heterocycles. The van der Waals surface area contributed by atoms with E-state index in [0.717, 1.165) is 38.5 Å². The van der Waals surface area contributed by atoms with Crippen molar-refractivity contribution in [3.63, 3.8) is 0 Å². The lowest BCUT2D eigenvalue weighted by Gasteiger charge is -2.51. The van der Waals surface area contributed by atoms with Crippen LogP contribution < -0.4 is 0 Å². The highest BCUT2D eigenvalue weighted by Crippen LogP contribution is 2.45. The highest BCUT2D eigenvalue weighted by molar-refractivity contribution is 6.12. The Labute approximate surface area is 316 Å². The summed E-state index contributed by atoms with van der Waals surface area (Å²) < 4.78 is 29.3. The zero-order valence-electron chi connectivity index (χ0n) is 33.7. The SMILES string of the molecule is CO[C@@H]([C@H](O)CC(=O)[C@@H](C)[C@@H](O)CC[C@@H](C)[C@@H]1O[C@]2(CC[C@@H](C)[C@H](CC[C@H](C)C(C)=O)O2)CC[C@@H]1C)[C@H](OC(=O)CCC1=C(C)C(=O)OC1=O)C(C)C. The number of aliphatic hydroxyl groups is 2.